The van der Waals surface area contributed by atoms with E-state index in [1.165, 1.54) is 0 Å². The molecule has 0 fully saturated rings. The van der Waals surface area contributed by atoms with Crippen molar-refractivity contribution in [1.29, 1.82) is 0 Å². The first-order valence-electron chi connectivity index (χ1n) is 12.5. The van der Waals surface area contributed by atoms with E-state index in [9.17, 15) is 19.5 Å². The predicted molar refractivity (Wildman–Crippen MR) is 143 cm³/mol. The highest BCUT2D eigenvalue weighted by Gasteiger charge is 2.35. The number of likely N-dealkylation sites (N-methyl/N-ethyl adjacent to an activating group) is 1. The largest absolute Gasteiger partial charge is 0.485 e. The van der Waals surface area contributed by atoms with Gasteiger partial charge in [0.15, 0.2) is 5.75 Å². The molecule has 4 N–H and O–H groups in total. The van der Waals surface area contributed by atoms with E-state index in [0.717, 1.165) is 0 Å². The fraction of sp³-hybridized carbons (Fsp3) is 0.444. The minimum Gasteiger partial charge on any atom is -0.485 e. The highest BCUT2D eigenvalue weighted by Crippen LogP contribution is 2.35. The molecule has 5 amide bonds. The van der Waals surface area contributed by atoms with Crippen molar-refractivity contribution in [1.82, 2.24) is 15.1 Å². The molecule has 2 aromatic carbocycles. The summed E-state index contributed by atoms with van der Waals surface area (Å²) in [6.07, 6.45) is -0.497. The van der Waals surface area contributed by atoms with Gasteiger partial charge in [-0.1, -0.05) is 31.2 Å². The molecular formula is C27H37N5O5. The highest BCUT2D eigenvalue weighted by molar-refractivity contribution is 6.04. The summed E-state index contributed by atoms with van der Waals surface area (Å²) in [6, 6.07) is 12.8. The van der Waals surface area contributed by atoms with Gasteiger partial charge in [-0.2, -0.15) is 0 Å². The quantitative estimate of drug-likeness (QED) is 0.452. The molecule has 0 radical (unpaired) electrons. The van der Waals surface area contributed by atoms with Crippen molar-refractivity contribution in [2.45, 2.75) is 45.9 Å². The molecule has 3 rings (SSSR count). The van der Waals surface area contributed by atoms with Crippen LogP contribution in [-0.2, 0) is 0 Å². The van der Waals surface area contributed by atoms with Gasteiger partial charge < -0.3 is 35.6 Å². The molecule has 1 aliphatic heterocycles. The molecule has 1 aliphatic rings. The smallest absolute Gasteiger partial charge is 0.323 e. The van der Waals surface area contributed by atoms with Gasteiger partial charge in [-0.25, -0.2) is 9.59 Å². The van der Waals surface area contributed by atoms with E-state index in [-0.39, 0.29) is 48.4 Å². The first-order valence-corrected chi connectivity index (χ1v) is 12.5. The molecule has 0 aliphatic carbocycles. The molecule has 37 heavy (non-hydrogen) atoms. The molecule has 0 spiro atoms. The second kappa shape index (κ2) is 12.4. The second-order valence-electron chi connectivity index (χ2n) is 9.73. The number of ether oxygens (including phenoxy) is 1. The van der Waals surface area contributed by atoms with Crippen LogP contribution in [0.1, 0.15) is 38.1 Å². The molecule has 10 heteroatoms. The van der Waals surface area contributed by atoms with Gasteiger partial charge in [-0.05, 0) is 45.0 Å². The van der Waals surface area contributed by atoms with E-state index in [4.69, 9.17) is 4.74 Å². The van der Waals surface area contributed by atoms with Crippen LogP contribution in [0.25, 0.3) is 0 Å². The van der Waals surface area contributed by atoms with Crippen LogP contribution in [0.15, 0.2) is 48.5 Å². The number of rotatable bonds is 7. The molecule has 0 unspecified atom stereocenters. The Morgan fingerprint density at radius 2 is 1.81 bits per heavy atom. The third kappa shape index (κ3) is 7.13. The van der Waals surface area contributed by atoms with Gasteiger partial charge in [0.1, 0.15) is 6.10 Å². The minimum absolute atomic E-state index is 0.0243. The molecule has 1 heterocycles. The predicted octanol–water partition coefficient (Wildman–Crippen LogP) is 3.60. The monoisotopic (exact) mass is 511 g/mol. The molecule has 0 saturated carbocycles. The Kier molecular flexibility index (Phi) is 9.35. The van der Waals surface area contributed by atoms with E-state index in [1.54, 1.807) is 54.1 Å². The number of amides is 5. The van der Waals surface area contributed by atoms with Crippen molar-refractivity contribution in [3.05, 3.63) is 54.1 Å². The van der Waals surface area contributed by atoms with E-state index < -0.39 is 18.2 Å². The van der Waals surface area contributed by atoms with Gasteiger partial charge >= 0.3 is 12.1 Å². The molecule has 2 aromatic rings. The average molecular weight is 512 g/mol. The number of nitrogens with zero attached hydrogens (tertiary/aromatic N) is 2. The molecular weight excluding hydrogens is 474 g/mol. The lowest BCUT2D eigenvalue weighted by atomic mass is 9.99. The normalized spacial score (nSPS) is 18.1. The zero-order valence-electron chi connectivity index (χ0n) is 22.0. The Hall–Kier alpha value is -3.79. The number of para-hydroxylation sites is 2. The molecule has 0 bridgehead atoms. The van der Waals surface area contributed by atoms with Gasteiger partial charge in [0.25, 0.3) is 5.91 Å². The molecule has 0 aromatic heterocycles. The Bertz CT molecular complexity index is 1090. The zero-order chi connectivity index (χ0) is 27.1. The summed E-state index contributed by atoms with van der Waals surface area (Å²) in [5.41, 5.74) is 1.20. The van der Waals surface area contributed by atoms with Crippen LogP contribution < -0.4 is 20.7 Å². The van der Waals surface area contributed by atoms with E-state index in [0.29, 0.717) is 17.9 Å². The van der Waals surface area contributed by atoms with Crippen molar-refractivity contribution < 1.29 is 24.2 Å². The maximum atomic E-state index is 13.6. The lowest BCUT2D eigenvalue weighted by Gasteiger charge is -2.38. The van der Waals surface area contributed by atoms with Gasteiger partial charge in [-0.3, -0.25) is 4.79 Å². The summed E-state index contributed by atoms with van der Waals surface area (Å²) < 4.78 is 6.42. The number of nitrogens with one attached hydrogen (secondary N) is 3. The van der Waals surface area contributed by atoms with E-state index >= 15 is 0 Å². The van der Waals surface area contributed by atoms with Gasteiger partial charge in [0.05, 0.1) is 30.4 Å². The SMILES string of the molecule is CC(C)NC(=O)N(C)C[C@@H]1Oc2c(NC(=O)Nc3ccccc3)cccc2C(=O)N([C@H](C)CO)C[C@@H]1C. The lowest BCUT2D eigenvalue weighted by molar-refractivity contribution is 0.0368. The Labute approximate surface area is 218 Å². The Morgan fingerprint density at radius 1 is 1.11 bits per heavy atom. The van der Waals surface area contributed by atoms with Crippen LogP contribution in [-0.4, -0.2) is 77.8 Å². The first-order chi connectivity index (χ1) is 17.6. The number of aliphatic hydroxyl groups is 1. The summed E-state index contributed by atoms with van der Waals surface area (Å²) >= 11 is 0. The third-order valence-corrected chi connectivity index (χ3v) is 6.18. The maximum absolute atomic E-state index is 13.6. The average Bonchev–Trinajstić information content (AvgIpc) is 2.86. The number of hydrogen-bond donors (Lipinski definition) is 4. The first kappa shape index (κ1) is 27.8. The van der Waals surface area contributed by atoms with Crippen LogP contribution in [0.5, 0.6) is 5.75 Å². The van der Waals surface area contributed by atoms with Crippen LogP contribution in [0.3, 0.4) is 0 Å². The molecule has 10 nitrogen and oxygen atoms in total. The fourth-order valence-electron chi connectivity index (χ4n) is 4.08. The Balaban J connectivity index is 1.95. The second-order valence-corrected chi connectivity index (χ2v) is 9.73. The maximum Gasteiger partial charge on any atom is 0.323 e. The number of carbonyl (C=O) groups excluding carboxylic acids is 3. The standard InChI is InChI=1S/C27H37N5O5/c1-17(2)28-27(36)31(5)15-23-18(3)14-32(19(4)16-33)25(34)21-12-9-13-22(24(21)37-23)30-26(35)29-20-10-7-6-8-11-20/h6-13,17-19,23,33H,14-16H2,1-5H3,(H,28,36)(H2,29,30,35)/t18-,19+,23-/m0/s1. The van der Waals surface area contributed by atoms with Crippen molar-refractivity contribution in [3.63, 3.8) is 0 Å². The molecule has 3 atom stereocenters. The number of fused-ring (bicyclic) bond motifs is 1. The number of urea groups is 2. The summed E-state index contributed by atoms with van der Waals surface area (Å²) in [6.45, 7) is 7.86. The van der Waals surface area contributed by atoms with Gasteiger partial charge in [0, 0.05) is 31.2 Å². The Morgan fingerprint density at radius 3 is 2.46 bits per heavy atom. The fourth-order valence-corrected chi connectivity index (χ4v) is 4.08. The topological polar surface area (TPSA) is 123 Å². The molecule has 0 saturated heterocycles. The van der Waals surface area contributed by atoms with Crippen molar-refractivity contribution >= 4 is 29.3 Å². The zero-order valence-corrected chi connectivity index (χ0v) is 22.0. The van der Waals surface area contributed by atoms with Gasteiger partial charge in [0.2, 0.25) is 0 Å². The lowest BCUT2D eigenvalue weighted by Crippen LogP contribution is -2.51. The van der Waals surface area contributed by atoms with Crippen LogP contribution in [0, 0.1) is 5.92 Å². The van der Waals surface area contributed by atoms with Crippen LogP contribution >= 0.6 is 0 Å². The van der Waals surface area contributed by atoms with Crippen molar-refractivity contribution in [3.8, 4) is 5.75 Å². The minimum atomic E-state index is -0.497. The van der Waals surface area contributed by atoms with E-state index in [2.05, 4.69) is 16.0 Å². The van der Waals surface area contributed by atoms with Crippen LogP contribution in [0.2, 0.25) is 0 Å². The number of aliphatic hydroxyl groups excluding tert-OH is 1. The third-order valence-electron chi connectivity index (χ3n) is 6.18. The number of benzene rings is 2. The van der Waals surface area contributed by atoms with Crippen molar-refractivity contribution in [2.24, 2.45) is 5.92 Å². The number of hydrogen-bond acceptors (Lipinski definition) is 5. The highest BCUT2D eigenvalue weighted by atomic mass is 16.5. The number of carbonyl (C=O) groups is 3. The summed E-state index contributed by atoms with van der Waals surface area (Å²) in [4.78, 5) is 42.1. The summed E-state index contributed by atoms with van der Waals surface area (Å²) in [7, 11) is 1.68. The van der Waals surface area contributed by atoms with Crippen LogP contribution in [0.4, 0.5) is 21.0 Å². The summed E-state index contributed by atoms with van der Waals surface area (Å²) in [5, 5.41) is 18.3. The van der Waals surface area contributed by atoms with Crippen molar-refractivity contribution in [2.75, 3.05) is 37.4 Å². The number of anilines is 2. The van der Waals surface area contributed by atoms with E-state index in [1.807, 2.05) is 39.0 Å². The summed E-state index contributed by atoms with van der Waals surface area (Å²) in [5.74, 6) is -0.272. The van der Waals surface area contributed by atoms with Gasteiger partial charge in [-0.15, -0.1) is 0 Å². The molecule has 200 valence electrons.